The van der Waals surface area contributed by atoms with Crippen LogP contribution < -0.4 is 0 Å². The summed E-state index contributed by atoms with van der Waals surface area (Å²) in [5.74, 6) is 2.48. The van der Waals surface area contributed by atoms with Gasteiger partial charge in [0.05, 0.1) is 0 Å². The molecule has 0 saturated carbocycles. The molecule has 5 nitrogen and oxygen atoms in total. The Hall–Kier alpha value is -8.02. The van der Waals surface area contributed by atoms with Crippen molar-refractivity contribution in [3.05, 3.63) is 194 Å². The summed E-state index contributed by atoms with van der Waals surface area (Å²) in [5.41, 5.74) is 7.73. The van der Waals surface area contributed by atoms with Gasteiger partial charge >= 0.3 is 0 Å². The van der Waals surface area contributed by atoms with E-state index in [1.807, 2.05) is 36.4 Å². The van der Waals surface area contributed by atoms with Crippen LogP contribution in [0.25, 0.3) is 122 Å². The van der Waals surface area contributed by atoms with Crippen LogP contribution in [-0.2, 0) is 0 Å². The first-order valence-corrected chi connectivity index (χ1v) is 19.8. The van der Waals surface area contributed by atoms with Gasteiger partial charge < -0.3 is 4.42 Å². The molecule has 0 amide bonds. The molecule has 0 aliphatic carbocycles. The van der Waals surface area contributed by atoms with E-state index < -0.39 is 0 Å². The molecule has 12 rings (SSSR count). The Morgan fingerprint density at radius 3 is 1.66 bits per heavy atom. The highest BCUT2D eigenvalue weighted by atomic mass is 16.3. The van der Waals surface area contributed by atoms with E-state index in [0.717, 1.165) is 87.2 Å². The molecule has 0 aliphatic heterocycles. The molecule has 0 bridgehead atoms. The minimum atomic E-state index is 0.610. The summed E-state index contributed by atoms with van der Waals surface area (Å²) in [5, 5.41) is 11.1. The molecule has 2 heterocycles. The predicted molar refractivity (Wildman–Crippen MR) is 242 cm³/mol. The zero-order valence-corrected chi connectivity index (χ0v) is 31.7. The van der Waals surface area contributed by atoms with Crippen molar-refractivity contribution < 1.29 is 4.42 Å². The summed E-state index contributed by atoms with van der Waals surface area (Å²) in [7, 11) is 0. The van der Waals surface area contributed by atoms with Crippen molar-refractivity contribution in [1.82, 2.24) is 19.9 Å². The van der Waals surface area contributed by atoms with Crippen LogP contribution in [0.3, 0.4) is 0 Å². The largest absolute Gasteiger partial charge is 0.435 e. The van der Waals surface area contributed by atoms with Crippen molar-refractivity contribution >= 4 is 65.0 Å². The highest BCUT2D eigenvalue weighted by Gasteiger charge is 2.19. The average molecular weight is 753 g/mol. The second kappa shape index (κ2) is 13.3. The fourth-order valence-electron chi connectivity index (χ4n) is 8.72. The van der Waals surface area contributed by atoms with E-state index in [2.05, 4.69) is 158 Å². The van der Waals surface area contributed by atoms with E-state index in [1.165, 1.54) is 11.1 Å². The zero-order valence-electron chi connectivity index (χ0n) is 31.7. The quantitative estimate of drug-likeness (QED) is 0.164. The van der Waals surface area contributed by atoms with Gasteiger partial charge in [0.2, 0.25) is 5.89 Å². The Labute approximate surface area is 338 Å². The fraction of sp³-hybridized carbons (Fsp3) is 0. The molecule has 0 aliphatic rings. The van der Waals surface area contributed by atoms with Crippen molar-refractivity contribution in [2.75, 3.05) is 0 Å². The zero-order chi connectivity index (χ0) is 38.9. The normalized spacial score (nSPS) is 11.7. The summed E-state index contributed by atoms with van der Waals surface area (Å²) in [6.07, 6.45) is 0. The van der Waals surface area contributed by atoms with Crippen molar-refractivity contribution in [1.29, 1.82) is 0 Å². The number of hydrogen-bond acceptors (Lipinski definition) is 5. The average Bonchev–Trinajstić information content (AvgIpc) is 3.76. The third-order valence-corrected chi connectivity index (χ3v) is 11.5. The van der Waals surface area contributed by atoms with Gasteiger partial charge in [-0.3, -0.25) is 0 Å². The standard InChI is InChI=1S/C54H32N4O/c1-3-12-33(13-4-1)41-29-30-46(44-20-10-9-19-43(41)44)53-57-51(56-52(58-53)45-21-11-17-34-14-7-8-18-40(34)45)39-26-28-42-38(32-39)25-24-35-22-23-36-27-31-47-50(49(36)48(35)42)59-54(55-47)37-15-5-2-6-16-37/h1-32H. The number of oxazole rings is 1. The van der Waals surface area contributed by atoms with Crippen molar-refractivity contribution in [2.45, 2.75) is 0 Å². The van der Waals surface area contributed by atoms with Crippen LogP contribution >= 0.6 is 0 Å². The van der Waals surface area contributed by atoms with Gasteiger partial charge in [-0.1, -0.05) is 164 Å². The number of nitrogens with zero attached hydrogens (tertiary/aromatic N) is 4. The number of aromatic nitrogens is 4. The molecular weight excluding hydrogens is 721 g/mol. The number of hydrogen-bond donors (Lipinski definition) is 0. The maximum absolute atomic E-state index is 6.58. The molecule has 10 aromatic carbocycles. The van der Waals surface area contributed by atoms with Crippen LogP contribution in [0.15, 0.2) is 199 Å². The summed E-state index contributed by atoms with van der Waals surface area (Å²) in [6, 6.07) is 67.6. The summed E-state index contributed by atoms with van der Waals surface area (Å²) in [4.78, 5) is 20.7. The van der Waals surface area contributed by atoms with Crippen LogP contribution in [0.5, 0.6) is 0 Å². The predicted octanol–water partition coefficient (Wildman–Crippen LogP) is 14.1. The third-order valence-electron chi connectivity index (χ3n) is 11.5. The van der Waals surface area contributed by atoms with Gasteiger partial charge in [-0.2, -0.15) is 0 Å². The van der Waals surface area contributed by atoms with Crippen molar-refractivity contribution in [2.24, 2.45) is 0 Å². The fourth-order valence-corrected chi connectivity index (χ4v) is 8.72. The van der Waals surface area contributed by atoms with Crippen molar-refractivity contribution in [3.63, 3.8) is 0 Å². The molecule has 0 N–H and O–H groups in total. The van der Waals surface area contributed by atoms with Gasteiger partial charge in [-0.25, -0.2) is 19.9 Å². The van der Waals surface area contributed by atoms with Crippen LogP contribution in [0.4, 0.5) is 0 Å². The van der Waals surface area contributed by atoms with Gasteiger partial charge in [0, 0.05) is 33.0 Å². The first-order chi connectivity index (χ1) is 29.2. The summed E-state index contributed by atoms with van der Waals surface area (Å²) in [6.45, 7) is 0. The molecule has 5 heteroatoms. The van der Waals surface area contributed by atoms with E-state index in [-0.39, 0.29) is 0 Å². The molecule has 0 radical (unpaired) electrons. The van der Waals surface area contributed by atoms with Gasteiger partial charge in [0.1, 0.15) is 5.52 Å². The van der Waals surface area contributed by atoms with Crippen LogP contribution in [0.1, 0.15) is 0 Å². The number of benzene rings is 10. The van der Waals surface area contributed by atoms with Crippen LogP contribution in [0.2, 0.25) is 0 Å². The summed E-state index contributed by atoms with van der Waals surface area (Å²) < 4.78 is 6.58. The molecule has 59 heavy (non-hydrogen) atoms. The Bertz CT molecular complexity index is 3610. The Morgan fingerprint density at radius 2 is 0.881 bits per heavy atom. The van der Waals surface area contributed by atoms with Crippen molar-refractivity contribution in [3.8, 4) is 56.7 Å². The maximum atomic E-state index is 6.58. The molecule has 0 fully saturated rings. The van der Waals surface area contributed by atoms with Gasteiger partial charge in [0.15, 0.2) is 23.1 Å². The highest BCUT2D eigenvalue weighted by molar-refractivity contribution is 6.26. The molecule has 0 spiro atoms. The monoisotopic (exact) mass is 752 g/mol. The van der Waals surface area contributed by atoms with Crippen LogP contribution in [0, 0.1) is 0 Å². The number of fused-ring (bicyclic) bond motifs is 9. The van der Waals surface area contributed by atoms with E-state index >= 15 is 0 Å². The second-order valence-electron chi connectivity index (χ2n) is 15.0. The minimum Gasteiger partial charge on any atom is -0.435 e. The van der Waals surface area contributed by atoms with Gasteiger partial charge in [0.25, 0.3) is 0 Å². The van der Waals surface area contributed by atoms with E-state index in [0.29, 0.717) is 23.4 Å². The smallest absolute Gasteiger partial charge is 0.227 e. The Kier molecular flexibility index (Phi) is 7.47. The first kappa shape index (κ1) is 33.2. The van der Waals surface area contributed by atoms with Gasteiger partial charge in [-0.05, 0) is 84.5 Å². The minimum absolute atomic E-state index is 0.610. The molecular formula is C54H32N4O. The topological polar surface area (TPSA) is 64.7 Å². The van der Waals surface area contributed by atoms with Gasteiger partial charge in [-0.15, -0.1) is 0 Å². The van der Waals surface area contributed by atoms with E-state index in [4.69, 9.17) is 24.4 Å². The lowest BCUT2D eigenvalue weighted by Gasteiger charge is -2.14. The first-order valence-electron chi connectivity index (χ1n) is 19.8. The highest BCUT2D eigenvalue weighted by Crippen LogP contribution is 2.40. The lowest BCUT2D eigenvalue weighted by atomic mass is 9.94. The number of rotatable bonds is 5. The SMILES string of the molecule is c1ccc(-c2nc3ccc4ccc5ccc6cc(-c7nc(-c8cccc9ccccc89)nc(-c8ccc(-c9ccccc9)c9ccccc89)n7)ccc6c5c4c3o2)cc1. The van der Waals surface area contributed by atoms with E-state index in [9.17, 15) is 0 Å². The molecule has 12 aromatic rings. The molecule has 2 aromatic heterocycles. The lowest BCUT2D eigenvalue weighted by molar-refractivity contribution is 0.623. The lowest BCUT2D eigenvalue weighted by Crippen LogP contribution is -2.01. The Balaban J connectivity index is 1.08. The summed E-state index contributed by atoms with van der Waals surface area (Å²) >= 11 is 0. The van der Waals surface area contributed by atoms with E-state index in [1.54, 1.807) is 0 Å². The molecule has 0 unspecified atom stereocenters. The molecule has 0 saturated heterocycles. The maximum Gasteiger partial charge on any atom is 0.227 e. The van der Waals surface area contributed by atoms with Crippen LogP contribution in [-0.4, -0.2) is 19.9 Å². The Morgan fingerprint density at radius 1 is 0.305 bits per heavy atom. The molecule has 274 valence electrons. The molecule has 0 atom stereocenters. The second-order valence-corrected chi connectivity index (χ2v) is 15.0. The third kappa shape index (κ3) is 5.47.